The number of para-hydroxylation sites is 1. The van der Waals surface area contributed by atoms with E-state index in [1.54, 1.807) is 22.7 Å². The van der Waals surface area contributed by atoms with Gasteiger partial charge in [-0.15, -0.1) is 83.1 Å². The van der Waals surface area contributed by atoms with Crippen molar-refractivity contribution in [1.82, 2.24) is 15.0 Å². The maximum absolute atomic E-state index is 10.0. The van der Waals surface area contributed by atoms with Gasteiger partial charge in [-0.3, -0.25) is 14.4 Å². The van der Waals surface area contributed by atoms with Crippen molar-refractivity contribution in [2.45, 2.75) is 149 Å². The van der Waals surface area contributed by atoms with Crippen LogP contribution in [0.3, 0.4) is 0 Å². The molecule has 637 valence electrons. The third kappa shape index (κ3) is 26.9. The van der Waals surface area contributed by atoms with Gasteiger partial charge in [0.05, 0.1) is 68.3 Å². The molecule has 21 heteroatoms. The molecule has 6 aliphatic rings. The van der Waals surface area contributed by atoms with Crippen LogP contribution < -0.4 is 9.30 Å². The second-order valence-electron chi connectivity index (χ2n) is 27.9. The van der Waals surface area contributed by atoms with Crippen molar-refractivity contribution in [3.8, 4) is 38.1 Å². The van der Waals surface area contributed by atoms with Crippen LogP contribution in [0.5, 0.6) is 5.75 Å². The third-order valence-electron chi connectivity index (χ3n) is 19.2. The van der Waals surface area contributed by atoms with Crippen LogP contribution in [-0.2, 0) is 102 Å². The number of hydrogen-bond acceptors (Lipinski definition) is 16. The Hall–Kier alpha value is -10.2. The number of fused-ring (bicyclic) bond motifs is 7. The number of thiophene rings is 2. The molecule has 0 saturated carbocycles. The maximum Gasteiger partial charge on any atom is 0.293 e. The second kappa shape index (κ2) is 49.8. The largest absolute Gasteiger partial charge is 0.512 e. The number of allylic oxidation sites excluding steroid dienone is 18. The summed E-state index contributed by atoms with van der Waals surface area (Å²) in [5.41, 5.74) is 24.2. The normalized spacial score (nSPS) is 13.9. The molecular weight excluding hydrogens is 2270 g/mol. The second-order valence-corrected chi connectivity index (χ2v) is 30.0. The topological polar surface area (TPSA) is 213 Å². The molecule has 12 heterocycles. The molecule has 3 radical (unpaired) electrons. The molecule has 0 spiro atoms. The van der Waals surface area contributed by atoms with Crippen molar-refractivity contribution >= 4 is 105 Å². The minimum absolute atomic E-state index is 0. The van der Waals surface area contributed by atoms with Crippen LogP contribution in [0.25, 0.3) is 74.2 Å². The molecule has 11 aromatic rings. The van der Waals surface area contributed by atoms with Crippen molar-refractivity contribution in [1.29, 1.82) is 0 Å². The van der Waals surface area contributed by atoms with Gasteiger partial charge in [-0.1, -0.05) is 127 Å². The molecular formula is C101H100Ir3N8O7PtS2-2. The molecule has 0 aliphatic carbocycles. The summed E-state index contributed by atoms with van der Waals surface area (Å²) in [5.74, 6) is 0.806. The number of rotatable bonds is 13. The molecule has 8 bridgehead atoms. The Morgan fingerprint density at radius 1 is 0.434 bits per heavy atom. The number of ether oxygens (including phenoxy) is 1. The van der Waals surface area contributed by atoms with E-state index in [9.17, 15) is 14.4 Å². The van der Waals surface area contributed by atoms with E-state index in [1.165, 1.54) is 146 Å². The van der Waals surface area contributed by atoms with Crippen LogP contribution in [0.15, 0.2) is 342 Å². The van der Waals surface area contributed by atoms with E-state index in [2.05, 4.69) is 178 Å². The Bertz CT molecular complexity index is 5760. The Balaban J connectivity index is 0.000000234. The van der Waals surface area contributed by atoms with Gasteiger partial charge in [0.25, 0.3) is 12.2 Å². The maximum atomic E-state index is 10.0. The number of aliphatic imine (C=N–C) groups is 4. The molecule has 122 heavy (non-hydrogen) atoms. The van der Waals surface area contributed by atoms with Gasteiger partial charge < -0.3 is 35.0 Å². The summed E-state index contributed by atoms with van der Waals surface area (Å²) in [4.78, 5) is 66.2. The number of hydrogen-bond donors (Lipinski definition) is 3. The molecule has 6 aromatic heterocycles. The fourth-order valence-corrected chi connectivity index (χ4v) is 16.1. The number of aromatic nitrogens is 4. The SMILES string of the molecule is CC(=O)C=C(C)O.CC(=O)C=C(C)O.CC(=O)C=C(C)O.CCC1=C(C)C2=CC3=NC(=CC4=NC(=CC5=NC(=CC1=N2)C(CC)=C5CC)C(CC)=C4CC)C(CC)=C3CC.[Ir].[Ir].[Ir].[Pt].[c-]1c(-c2ccccn2)sc2ccccc12.[c-]1c(-c2ccccn2)sc2ccccc12.[c-]1ccccc1-c1nccc2ccccc12.c1cc2c3c(c1)ccc[n+]3CO2. The Morgan fingerprint density at radius 3 is 1.25 bits per heavy atom. The number of benzene rings is 5. The predicted octanol–water partition coefficient (Wildman–Crippen LogP) is 25.2. The van der Waals surface area contributed by atoms with Crippen molar-refractivity contribution in [2.75, 3.05) is 0 Å². The van der Waals surface area contributed by atoms with Crippen LogP contribution >= 0.6 is 22.7 Å². The van der Waals surface area contributed by atoms with Crippen molar-refractivity contribution in [3.63, 3.8) is 0 Å². The van der Waals surface area contributed by atoms with Crippen LogP contribution in [0.2, 0.25) is 0 Å². The number of aliphatic hydroxyl groups is 3. The van der Waals surface area contributed by atoms with Crippen molar-refractivity contribution < 1.29 is 120 Å². The average Bonchev–Trinajstić information content (AvgIpc) is 1.61. The summed E-state index contributed by atoms with van der Waals surface area (Å²) in [6.45, 7) is 27.0. The van der Waals surface area contributed by atoms with Crippen LogP contribution in [0, 0.1) is 18.2 Å². The fraction of sp³-hybridized carbons (Fsp3) is 0.218. The number of carbonyl (C=O) groups is 3. The van der Waals surface area contributed by atoms with Gasteiger partial charge in [0, 0.05) is 136 Å². The molecule has 0 fully saturated rings. The van der Waals surface area contributed by atoms with Gasteiger partial charge in [0.2, 0.25) is 0 Å². The number of pyridine rings is 4. The smallest absolute Gasteiger partial charge is 0.293 e. The molecule has 3 N–H and O–H groups in total. The zero-order valence-corrected chi connectivity index (χ0v) is 81.9. The summed E-state index contributed by atoms with van der Waals surface area (Å²) < 4.78 is 10.1. The summed E-state index contributed by atoms with van der Waals surface area (Å²) in [7, 11) is 0. The third-order valence-corrected chi connectivity index (χ3v) is 21.4. The van der Waals surface area contributed by atoms with E-state index >= 15 is 0 Å². The Kier molecular flexibility index (Phi) is 41.1. The van der Waals surface area contributed by atoms with Crippen LogP contribution in [0.4, 0.5) is 0 Å². The molecule has 0 saturated heterocycles. The monoisotopic (exact) mass is 2370 g/mol. The molecule has 5 aromatic carbocycles. The van der Waals surface area contributed by atoms with Crippen LogP contribution in [0.1, 0.15) is 142 Å². The first-order chi connectivity index (χ1) is 57.1. The Morgan fingerprint density at radius 2 is 0.836 bits per heavy atom. The van der Waals surface area contributed by atoms with Crippen LogP contribution in [-0.4, -0.2) is 70.5 Å². The first-order valence-electron chi connectivity index (χ1n) is 39.8. The molecule has 6 aliphatic heterocycles. The van der Waals surface area contributed by atoms with Gasteiger partial charge in [0.15, 0.2) is 29.3 Å². The van der Waals surface area contributed by atoms with Gasteiger partial charge in [-0.2, -0.15) is 4.57 Å². The predicted molar refractivity (Wildman–Crippen MR) is 488 cm³/mol. The number of ketones is 3. The van der Waals surface area contributed by atoms with E-state index in [-0.39, 0.29) is 116 Å². The molecule has 17 rings (SSSR count). The van der Waals surface area contributed by atoms with E-state index in [0.29, 0.717) is 6.73 Å². The average molecular weight is 2370 g/mol. The summed E-state index contributed by atoms with van der Waals surface area (Å²) in [6.07, 6.45) is 26.6. The summed E-state index contributed by atoms with van der Waals surface area (Å²) in [5, 5.41) is 31.1. The minimum Gasteiger partial charge on any atom is -0.512 e. The molecule has 0 atom stereocenters. The zero-order chi connectivity index (χ0) is 84.4. The zero-order valence-electron chi connectivity index (χ0n) is 70.9. The molecule has 15 nitrogen and oxygen atoms in total. The minimum atomic E-state index is -0.125. The van der Waals surface area contributed by atoms with E-state index in [1.807, 2.05) is 134 Å². The fourth-order valence-electron chi connectivity index (χ4n) is 14.1. The molecule has 0 unspecified atom stereocenters. The number of aliphatic hydroxyl groups excluding tert-OH is 3. The van der Waals surface area contributed by atoms with Gasteiger partial charge >= 0.3 is 0 Å². The first-order valence-corrected chi connectivity index (χ1v) is 41.4. The number of carbonyl (C=O) groups excluding carboxylic acids is 3. The standard InChI is InChI=1S/C35H42N4.C15H10N.2C13H8NS.C10H8NO.3C5H8O2.3Ir.Pt/c1-9-21-20(8)28-16-30-22(10-2)23(11-3)32(37-30)18-34-26(14-6)27(15-7)35(39-34)19-33-25(13-5)24(12-4)31(38-33)17-29(21)36-28;1-2-7-13(8-3-1)15-14-9-5-4-6-12(14)10-11-16-15;2*1-2-7-12-10(5-1)9-13(15-12)11-6-3-4-8-14-11;1-3-8-4-2-6-11-7-12-9(5-1)10(8)11;3*1-4(6)3-5(2)7;;;;/h16-19H,9-15H2,1-8H3;1-7,9-11H;2*1-8H;1-6H,7H2;3*3,6H,1-2H3;;;;/q;3*-1;+1;;;;;;;. The Labute approximate surface area is 779 Å². The summed E-state index contributed by atoms with van der Waals surface area (Å²) in [6, 6.07) is 66.9. The van der Waals surface area contributed by atoms with E-state index in [0.717, 1.165) is 129 Å². The molecule has 0 amide bonds. The first kappa shape index (κ1) is 101. The van der Waals surface area contributed by atoms with E-state index in [4.69, 9.17) is 40.0 Å². The van der Waals surface area contributed by atoms with Gasteiger partial charge in [0.1, 0.15) is 0 Å². The van der Waals surface area contributed by atoms with Crippen molar-refractivity contribution in [2.24, 2.45) is 20.0 Å². The van der Waals surface area contributed by atoms with Gasteiger partial charge in [-0.25, -0.2) is 42.6 Å². The quantitative estimate of drug-likeness (QED) is 0.0430. The van der Waals surface area contributed by atoms with E-state index < -0.39 is 0 Å². The summed E-state index contributed by atoms with van der Waals surface area (Å²) >= 11 is 3.46. The van der Waals surface area contributed by atoms with Crippen molar-refractivity contribution in [3.05, 3.63) is 340 Å². The number of nitrogens with zero attached hydrogens (tertiary/aromatic N) is 8. The van der Waals surface area contributed by atoms with Gasteiger partial charge in [-0.05, 0) is 234 Å².